The fourth-order valence-electron chi connectivity index (χ4n) is 1.10. The smallest absolute Gasteiger partial charge is 0.262 e. The summed E-state index contributed by atoms with van der Waals surface area (Å²) in [7, 11) is 0. The average Bonchev–Trinajstić information content (AvgIpc) is 2.22. The highest BCUT2D eigenvalue weighted by Crippen LogP contribution is 2.28. The van der Waals surface area contributed by atoms with E-state index < -0.39 is 0 Å². The van der Waals surface area contributed by atoms with E-state index in [1.54, 1.807) is 24.4 Å². The minimum atomic E-state index is 0.0254. The molecule has 0 amide bonds. The van der Waals surface area contributed by atoms with Crippen LogP contribution in [-0.4, -0.2) is 10.1 Å². The van der Waals surface area contributed by atoms with Crippen molar-refractivity contribution in [3.05, 3.63) is 47.1 Å². The van der Waals surface area contributed by atoms with E-state index in [0.717, 1.165) is 4.47 Å². The second-order valence-electron chi connectivity index (χ2n) is 2.89. The number of aromatic nitrogens is 1. The summed E-state index contributed by atoms with van der Waals surface area (Å²) in [6.07, 6.45) is 1.56. The Balaban J connectivity index is 2.26. The molecule has 1 aromatic carbocycles. The van der Waals surface area contributed by atoms with Crippen LogP contribution in [0.25, 0.3) is 0 Å². The second-order valence-corrected chi connectivity index (χ2v) is 3.80. The van der Waals surface area contributed by atoms with Gasteiger partial charge in [0, 0.05) is 10.7 Å². The number of rotatable bonds is 2. The molecule has 2 aromatic rings. The van der Waals surface area contributed by atoms with E-state index in [2.05, 4.69) is 20.9 Å². The van der Waals surface area contributed by atoms with Crippen molar-refractivity contribution in [1.29, 1.82) is 0 Å². The lowest BCUT2D eigenvalue weighted by Crippen LogP contribution is -1.87. The Labute approximate surface area is 95.5 Å². The SMILES string of the molecule is Oc1cccnc1Oc1cccc(Br)c1. The van der Waals surface area contributed by atoms with Gasteiger partial charge in [0.15, 0.2) is 5.75 Å². The molecule has 3 nitrogen and oxygen atoms in total. The van der Waals surface area contributed by atoms with E-state index in [4.69, 9.17) is 4.74 Å². The molecule has 0 saturated heterocycles. The number of aromatic hydroxyl groups is 1. The van der Waals surface area contributed by atoms with E-state index in [9.17, 15) is 5.11 Å². The molecule has 15 heavy (non-hydrogen) atoms. The zero-order chi connectivity index (χ0) is 10.7. The third-order valence-corrected chi connectivity index (χ3v) is 2.25. The number of ether oxygens (including phenoxy) is 1. The van der Waals surface area contributed by atoms with E-state index in [1.165, 1.54) is 6.07 Å². The summed E-state index contributed by atoms with van der Waals surface area (Å²) in [5.41, 5.74) is 0. The minimum Gasteiger partial charge on any atom is -0.503 e. The van der Waals surface area contributed by atoms with Crippen LogP contribution in [0.5, 0.6) is 17.4 Å². The van der Waals surface area contributed by atoms with Crippen LogP contribution in [0.4, 0.5) is 0 Å². The molecule has 0 radical (unpaired) electrons. The molecule has 0 fully saturated rings. The van der Waals surface area contributed by atoms with Crippen molar-refractivity contribution in [2.75, 3.05) is 0 Å². The lowest BCUT2D eigenvalue weighted by atomic mass is 10.3. The standard InChI is InChI=1S/C11H8BrNO2/c12-8-3-1-4-9(7-8)15-11-10(14)5-2-6-13-11/h1-7,14H. The summed E-state index contributed by atoms with van der Waals surface area (Å²) in [6, 6.07) is 10.5. The number of pyridine rings is 1. The molecular formula is C11H8BrNO2. The summed E-state index contributed by atoms with van der Waals surface area (Å²) in [5, 5.41) is 9.44. The summed E-state index contributed by atoms with van der Waals surface area (Å²) in [5.74, 6) is 0.853. The Hall–Kier alpha value is -1.55. The average molecular weight is 266 g/mol. The number of hydrogen-bond donors (Lipinski definition) is 1. The van der Waals surface area contributed by atoms with Crippen LogP contribution in [0, 0.1) is 0 Å². The number of halogens is 1. The van der Waals surface area contributed by atoms with E-state index in [0.29, 0.717) is 5.75 Å². The predicted octanol–water partition coefficient (Wildman–Crippen LogP) is 3.34. The van der Waals surface area contributed by atoms with Gasteiger partial charge in [-0.05, 0) is 30.3 Å². The van der Waals surface area contributed by atoms with Gasteiger partial charge >= 0.3 is 0 Å². The van der Waals surface area contributed by atoms with Crippen molar-refractivity contribution < 1.29 is 9.84 Å². The van der Waals surface area contributed by atoms with Crippen molar-refractivity contribution in [3.63, 3.8) is 0 Å². The minimum absolute atomic E-state index is 0.0254. The van der Waals surface area contributed by atoms with Crippen molar-refractivity contribution in [2.45, 2.75) is 0 Å². The lowest BCUT2D eigenvalue weighted by Gasteiger charge is -2.05. The molecular weight excluding hydrogens is 258 g/mol. The van der Waals surface area contributed by atoms with Gasteiger partial charge in [-0.1, -0.05) is 22.0 Å². The van der Waals surface area contributed by atoms with Crippen LogP contribution in [0.1, 0.15) is 0 Å². The van der Waals surface area contributed by atoms with Gasteiger partial charge in [-0.2, -0.15) is 0 Å². The van der Waals surface area contributed by atoms with E-state index in [1.807, 2.05) is 12.1 Å². The van der Waals surface area contributed by atoms with Crippen LogP contribution in [0.2, 0.25) is 0 Å². The lowest BCUT2D eigenvalue weighted by molar-refractivity contribution is 0.397. The molecule has 0 aliphatic rings. The third-order valence-electron chi connectivity index (χ3n) is 1.76. The van der Waals surface area contributed by atoms with Gasteiger partial charge < -0.3 is 9.84 Å². The molecule has 76 valence electrons. The molecule has 1 N–H and O–H groups in total. The molecule has 0 unspecified atom stereocenters. The Morgan fingerprint density at radius 1 is 1.20 bits per heavy atom. The van der Waals surface area contributed by atoms with Crippen molar-refractivity contribution in [3.8, 4) is 17.4 Å². The Morgan fingerprint density at radius 3 is 2.80 bits per heavy atom. The summed E-state index contributed by atoms with van der Waals surface area (Å²) in [4.78, 5) is 3.92. The monoisotopic (exact) mass is 265 g/mol. The maximum Gasteiger partial charge on any atom is 0.262 e. The second kappa shape index (κ2) is 4.31. The molecule has 1 heterocycles. The van der Waals surface area contributed by atoms with Crippen LogP contribution >= 0.6 is 15.9 Å². The van der Waals surface area contributed by atoms with Crippen LogP contribution < -0.4 is 4.74 Å². The van der Waals surface area contributed by atoms with Gasteiger partial charge in [-0.3, -0.25) is 0 Å². The van der Waals surface area contributed by atoms with Gasteiger partial charge in [0.1, 0.15) is 5.75 Å². The zero-order valence-electron chi connectivity index (χ0n) is 7.72. The highest BCUT2D eigenvalue weighted by atomic mass is 79.9. The molecule has 4 heteroatoms. The van der Waals surface area contributed by atoms with Crippen molar-refractivity contribution in [2.24, 2.45) is 0 Å². The van der Waals surface area contributed by atoms with Crippen LogP contribution in [-0.2, 0) is 0 Å². The summed E-state index contributed by atoms with van der Waals surface area (Å²) >= 11 is 3.33. The van der Waals surface area contributed by atoms with Gasteiger partial charge in [-0.15, -0.1) is 0 Å². The first kappa shape index (κ1) is 9.98. The summed E-state index contributed by atoms with van der Waals surface area (Å²) < 4.78 is 6.31. The normalized spacial score (nSPS) is 9.93. The van der Waals surface area contributed by atoms with Gasteiger partial charge in [0.2, 0.25) is 0 Å². The number of nitrogens with zero attached hydrogens (tertiary/aromatic N) is 1. The van der Waals surface area contributed by atoms with Crippen LogP contribution in [0.15, 0.2) is 47.1 Å². The largest absolute Gasteiger partial charge is 0.503 e. The molecule has 0 aliphatic heterocycles. The Bertz CT molecular complexity index is 474. The molecule has 0 bridgehead atoms. The fourth-order valence-corrected chi connectivity index (χ4v) is 1.48. The highest BCUT2D eigenvalue weighted by molar-refractivity contribution is 9.10. The number of hydrogen-bond acceptors (Lipinski definition) is 3. The van der Waals surface area contributed by atoms with Gasteiger partial charge in [0.25, 0.3) is 5.88 Å². The fraction of sp³-hybridized carbons (Fsp3) is 0. The molecule has 0 aliphatic carbocycles. The van der Waals surface area contributed by atoms with Crippen LogP contribution in [0.3, 0.4) is 0 Å². The molecule has 2 rings (SSSR count). The first-order valence-electron chi connectivity index (χ1n) is 4.33. The first-order valence-corrected chi connectivity index (χ1v) is 5.12. The third kappa shape index (κ3) is 2.47. The maximum absolute atomic E-state index is 9.44. The Morgan fingerprint density at radius 2 is 2.07 bits per heavy atom. The molecule has 0 spiro atoms. The van der Waals surface area contributed by atoms with E-state index in [-0.39, 0.29) is 11.6 Å². The van der Waals surface area contributed by atoms with Gasteiger partial charge in [0.05, 0.1) is 0 Å². The predicted molar refractivity (Wildman–Crippen MR) is 60.1 cm³/mol. The molecule has 0 atom stereocenters. The van der Waals surface area contributed by atoms with Crippen molar-refractivity contribution in [1.82, 2.24) is 4.98 Å². The highest BCUT2D eigenvalue weighted by Gasteiger charge is 2.03. The summed E-state index contributed by atoms with van der Waals surface area (Å²) in [6.45, 7) is 0. The first-order chi connectivity index (χ1) is 7.25. The number of benzene rings is 1. The van der Waals surface area contributed by atoms with E-state index >= 15 is 0 Å². The Kier molecular flexibility index (Phi) is 2.87. The molecule has 1 aromatic heterocycles. The molecule has 0 saturated carbocycles. The maximum atomic E-state index is 9.44. The van der Waals surface area contributed by atoms with Crippen molar-refractivity contribution >= 4 is 15.9 Å². The quantitative estimate of drug-likeness (QED) is 0.906. The van der Waals surface area contributed by atoms with Gasteiger partial charge in [-0.25, -0.2) is 4.98 Å². The zero-order valence-corrected chi connectivity index (χ0v) is 9.31. The topological polar surface area (TPSA) is 42.4 Å².